The molecule has 0 N–H and O–H groups in total. The standard InChI is InChI=1S/C30H35Cl2N5O3Si/c1-7-15-36-24-14-13-22(18-23(24)28(38)37(36)19-21-11-9-8-10-12-21)35(16-17-40-41(5,6)30(2,3)4)29(39)25-26(31)33-20-34-27(25)32/h7-14,18,20H,1,15-17,19H2,2-6H3. The van der Waals surface area contributed by atoms with Crippen molar-refractivity contribution in [2.75, 3.05) is 18.1 Å². The van der Waals surface area contributed by atoms with Crippen LogP contribution in [0, 0.1) is 0 Å². The Kier molecular flexibility index (Phi) is 9.23. The molecule has 4 rings (SSSR count). The summed E-state index contributed by atoms with van der Waals surface area (Å²) in [5, 5.41) is 0.380. The van der Waals surface area contributed by atoms with Crippen LogP contribution in [0.1, 0.15) is 36.7 Å². The molecule has 41 heavy (non-hydrogen) atoms. The second kappa shape index (κ2) is 12.3. The third-order valence-corrected chi connectivity index (χ3v) is 12.7. The first kappa shape index (κ1) is 30.7. The van der Waals surface area contributed by atoms with Crippen LogP contribution < -0.4 is 10.5 Å². The average molecular weight is 613 g/mol. The zero-order valence-corrected chi connectivity index (χ0v) is 26.5. The maximum atomic E-state index is 13.9. The van der Waals surface area contributed by atoms with Crippen LogP contribution >= 0.6 is 23.2 Å². The molecule has 0 atom stereocenters. The molecule has 4 aromatic rings. The highest BCUT2D eigenvalue weighted by Crippen LogP contribution is 2.36. The van der Waals surface area contributed by atoms with E-state index < -0.39 is 14.2 Å². The van der Waals surface area contributed by atoms with E-state index in [4.69, 9.17) is 27.6 Å². The number of aromatic nitrogens is 4. The number of nitrogens with zero attached hydrogens (tertiary/aromatic N) is 5. The van der Waals surface area contributed by atoms with Crippen LogP contribution in [0.5, 0.6) is 0 Å². The van der Waals surface area contributed by atoms with Gasteiger partial charge in [0.05, 0.1) is 30.6 Å². The Morgan fingerprint density at radius 1 is 1.07 bits per heavy atom. The number of halogens is 2. The fraction of sp³-hybridized carbons (Fsp3) is 0.333. The average Bonchev–Trinajstić information content (AvgIpc) is 3.16. The summed E-state index contributed by atoms with van der Waals surface area (Å²) >= 11 is 12.6. The normalized spacial score (nSPS) is 12.1. The second-order valence-corrected chi connectivity index (χ2v) is 16.8. The van der Waals surface area contributed by atoms with Crippen LogP contribution in [0.4, 0.5) is 5.69 Å². The number of fused-ring (bicyclic) bond motifs is 1. The van der Waals surface area contributed by atoms with E-state index in [0.717, 1.165) is 11.1 Å². The molecule has 11 heteroatoms. The smallest absolute Gasteiger partial charge is 0.274 e. The first-order valence-corrected chi connectivity index (χ1v) is 17.0. The second-order valence-electron chi connectivity index (χ2n) is 11.3. The van der Waals surface area contributed by atoms with Gasteiger partial charge >= 0.3 is 0 Å². The number of anilines is 1. The van der Waals surface area contributed by atoms with Gasteiger partial charge in [-0.2, -0.15) is 0 Å². The fourth-order valence-electron chi connectivity index (χ4n) is 4.31. The molecule has 0 aliphatic heterocycles. The lowest BCUT2D eigenvalue weighted by molar-refractivity contribution is 0.0981. The van der Waals surface area contributed by atoms with Crippen LogP contribution in [0.25, 0.3) is 10.9 Å². The lowest BCUT2D eigenvalue weighted by Gasteiger charge is -2.36. The van der Waals surface area contributed by atoms with Crippen molar-refractivity contribution < 1.29 is 9.22 Å². The number of benzene rings is 2. The van der Waals surface area contributed by atoms with E-state index in [9.17, 15) is 9.59 Å². The summed E-state index contributed by atoms with van der Waals surface area (Å²) in [6, 6.07) is 15.2. The number of hydrogen-bond acceptors (Lipinski definition) is 5. The van der Waals surface area contributed by atoms with Gasteiger partial charge in [-0.1, -0.05) is 80.4 Å². The molecule has 0 fully saturated rings. The summed E-state index contributed by atoms with van der Waals surface area (Å²) in [5.41, 5.74) is 2.07. The van der Waals surface area contributed by atoms with E-state index >= 15 is 0 Å². The summed E-state index contributed by atoms with van der Waals surface area (Å²) in [5.74, 6) is -0.478. The largest absolute Gasteiger partial charge is 0.415 e. The number of carbonyl (C=O) groups is 1. The molecule has 2 heterocycles. The predicted octanol–water partition coefficient (Wildman–Crippen LogP) is 6.80. The minimum atomic E-state index is -2.09. The topological polar surface area (TPSA) is 82.2 Å². The van der Waals surface area contributed by atoms with E-state index in [1.807, 2.05) is 47.1 Å². The maximum absolute atomic E-state index is 13.9. The Balaban J connectivity index is 1.79. The Morgan fingerprint density at radius 3 is 2.34 bits per heavy atom. The van der Waals surface area contributed by atoms with Gasteiger partial charge in [0.25, 0.3) is 11.5 Å². The van der Waals surface area contributed by atoms with Crippen molar-refractivity contribution in [3.63, 3.8) is 0 Å². The van der Waals surface area contributed by atoms with Gasteiger partial charge in [-0.25, -0.2) is 14.6 Å². The first-order valence-electron chi connectivity index (χ1n) is 13.4. The Morgan fingerprint density at radius 2 is 1.73 bits per heavy atom. The Hall–Kier alpha value is -3.24. The van der Waals surface area contributed by atoms with Gasteiger partial charge in [0.1, 0.15) is 22.2 Å². The highest BCUT2D eigenvalue weighted by Gasteiger charge is 2.37. The highest BCUT2D eigenvalue weighted by molar-refractivity contribution is 6.74. The highest BCUT2D eigenvalue weighted by atomic mass is 35.5. The predicted molar refractivity (Wildman–Crippen MR) is 169 cm³/mol. The minimum Gasteiger partial charge on any atom is -0.415 e. The van der Waals surface area contributed by atoms with Gasteiger partial charge in [0.15, 0.2) is 8.32 Å². The van der Waals surface area contributed by atoms with Crippen molar-refractivity contribution in [1.29, 1.82) is 0 Å². The van der Waals surface area contributed by atoms with E-state index in [1.54, 1.807) is 16.8 Å². The molecule has 0 radical (unpaired) electrons. The molecule has 0 bridgehead atoms. The SMILES string of the molecule is C=CCn1c2ccc(N(CCO[Si](C)(C)C(C)(C)C)C(=O)c3c(Cl)ncnc3Cl)cc2c(=O)n1Cc1ccccc1. The molecule has 2 aromatic carbocycles. The summed E-state index contributed by atoms with van der Waals surface area (Å²) in [6.45, 7) is 16.0. The van der Waals surface area contributed by atoms with Crippen LogP contribution in [0.15, 0.2) is 72.3 Å². The molecule has 216 valence electrons. The van der Waals surface area contributed by atoms with Crippen LogP contribution in [-0.4, -0.2) is 46.7 Å². The minimum absolute atomic E-state index is 0.00145. The number of hydrogen-bond donors (Lipinski definition) is 0. The third kappa shape index (κ3) is 6.48. The molecule has 8 nitrogen and oxygen atoms in total. The third-order valence-electron chi connectivity index (χ3n) is 7.60. The summed E-state index contributed by atoms with van der Waals surface area (Å²) in [7, 11) is -2.09. The lowest BCUT2D eigenvalue weighted by atomic mass is 10.2. The van der Waals surface area contributed by atoms with E-state index in [-0.39, 0.29) is 33.0 Å². The van der Waals surface area contributed by atoms with Crippen molar-refractivity contribution in [1.82, 2.24) is 19.3 Å². The molecule has 0 saturated carbocycles. The fourth-order valence-corrected chi connectivity index (χ4v) is 5.82. The molecule has 0 unspecified atom stereocenters. The van der Waals surface area contributed by atoms with Gasteiger partial charge in [-0.05, 0) is 41.9 Å². The Labute approximate surface area is 251 Å². The molecule has 0 spiro atoms. The molecule has 0 aliphatic rings. The maximum Gasteiger partial charge on any atom is 0.274 e. The monoisotopic (exact) mass is 611 g/mol. The van der Waals surface area contributed by atoms with Crippen molar-refractivity contribution in [2.24, 2.45) is 0 Å². The van der Waals surface area contributed by atoms with Gasteiger partial charge in [0.2, 0.25) is 0 Å². The van der Waals surface area contributed by atoms with Crippen molar-refractivity contribution in [3.05, 3.63) is 99.3 Å². The van der Waals surface area contributed by atoms with Crippen LogP contribution in [0.3, 0.4) is 0 Å². The van der Waals surface area contributed by atoms with Crippen molar-refractivity contribution in [2.45, 2.75) is 52.0 Å². The quantitative estimate of drug-likeness (QED) is 0.112. The Bertz CT molecular complexity index is 1610. The molecule has 0 saturated heterocycles. The van der Waals surface area contributed by atoms with Crippen LogP contribution in [0.2, 0.25) is 28.4 Å². The van der Waals surface area contributed by atoms with Gasteiger partial charge < -0.3 is 9.33 Å². The first-order chi connectivity index (χ1) is 19.4. The van der Waals surface area contributed by atoms with E-state index in [1.165, 1.54) is 11.2 Å². The van der Waals surface area contributed by atoms with Crippen molar-refractivity contribution in [3.8, 4) is 0 Å². The van der Waals surface area contributed by atoms with Gasteiger partial charge in [-0.3, -0.25) is 14.3 Å². The van der Waals surface area contributed by atoms with Gasteiger partial charge in [0, 0.05) is 12.2 Å². The van der Waals surface area contributed by atoms with Crippen molar-refractivity contribution >= 4 is 54.0 Å². The molecule has 1 amide bonds. The summed E-state index contributed by atoms with van der Waals surface area (Å²) in [6.07, 6.45) is 2.96. The molecular weight excluding hydrogens is 577 g/mol. The zero-order chi connectivity index (χ0) is 29.9. The summed E-state index contributed by atoms with van der Waals surface area (Å²) < 4.78 is 9.98. The van der Waals surface area contributed by atoms with Gasteiger partial charge in [-0.15, -0.1) is 6.58 Å². The van der Waals surface area contributed by atoms with Crippen LogP contribution in [-0.2, 0) is 17.5 Å². The number of amides is 1. The number of rotatable bonds is 10. The number of allylic oxidation sites excluding steroid dienone is 1. The molecular formula is C30H35Cl2N5O3Si. The number of carbonyl (C=O) groups excluding carboxylic acids is 1. The zero-order valence-electron chi connectivity index (χ0n) is 24.0. The van der Waals surface area contributed by atoms with E-state index in [2.05, 4.69) is 50.4 Å². The molecule has 2 aromatic heterocycles. The summed E-state index contributed by atoms with van der Waals surface area (Å²) in [4.78, 5) is 37.1. The van der Waals surface area contributed by atoms with E-state index in [0.29, 0.717) is 30.8 Å². The lowest BCUT2D eigenvalue weighted by Crippen LogP contribution is -2.43. The molecule has 0 aliphatic carbocycles.